The van der Waals surface area contributed by atoms with E-state index in [2.05, 4.69) is 15.8 Å². The lowest BCUT2D eigenvalue weighted by Crippen LogP contribution is -2.17. The van der Waals surface area contributed by atoms with Gasteiger partial charge in [-0.25, -0.2) is 5.43 Å². The fourth-order valence-electron chi connectivity index (χ4n) is 2.48. The van der Waals surface area contributed by atoms with Gasteiger partial charge in [-0.1, -0.05) is 17.7 Å². The highest BCUT2D eigenvalue weighted by atomic mass is 16.3. The van der Waals surface area contributed by atoms with Crippen LogP contribution in [0.4, 0.5) is 5.69 Å². The Hall–Kier alpha value is -3.93. The van der Waals surface area contributed by atoms with Crippen molar-refractivity contribution in [2.24, 2.45) is 5.10 Å². The highest BCUT2D eigenvalue weighted by molar-refractivity contribution is 6.04. The minimum absolute atomic E-state index is 0.163. The predicted octanol–water partition coefficient (Wildman–Crippen LogP) is 3.72. The average molecular weight is 373 g/mol. The summed E-state index contributed by atoms with van der Waals surface area (Å²) in [5, 5.41) is 15.9. The van der Waals surface area contributed by atoms with E-state index in [0.717, 1.165) is 11.1 Å². The molecule has 6 nitrogen and oxygen atoms in total. The topological polar surface area (TPSA) is 90.8 Å². The summed E-state index contributed by atoms with van der Waals surface area (Å²) in [7, 11) is 0. The van der Waals surface area contributed by atoms with Crippen LogP contribution in [0.25, 0.3) is 0 Å². The van der Waals surface area contributed by atoms with Crippen LogP contribution in [0, 0.1) is 6.92 Å². The number of carbonyl (C=O) groups excluding carboxylic acids is 2. The lowest BCUT2D eigenvalue weighted by Gasteiger charge is -2.07. The molecule has 3 aromatic carbocycles. The van der Waals surface area contributed by atoms with Crippen molar-refractivity contribution in [1.29, 1.82) is 0 Å². The molecule has 0 aromatic heterocycles. The minimum atomic E-state index is -0.369. The van der Waals surface area contributed by atoms with Crippen molar-refractivity contribution in [3.8, 4) is 5.75 Å². The molecule has 6 heteroatoms. The van der Waals surface area contributed by atoms with Gasteiger partial charge in [0.2, 0.25) is 0 Å². The molecule has 0 atom stereocenters. The van der Waals surface area contributed by atoms with Gasteiger partial charge in [0.25, 0.3) is 11.8 Å². The summed E-state index contributed by atoms with van der Waals surface area (Å²) >= 11 is 0. The van der Waals surface area contributed by atoms with Crippen LogP contribution in [0.5, 0.6) is 5.75 Å². The molecule has 2 amide bonds. The van der Waals surface area contributed by atoms with Crippen LogP contribution in [-0.2, 0) is 0 Å². The van der Waals surface area contributed by atoms with Gasteiger partial charge in [-0.2, -0.15) is 5.10 Å². The number of rotatable bonds is 5. The molecule has 28 heavy (non-hydrogen) atoms. The quantitative estimate of drug-likeness (QED) is 0.470. The molecule has 0 aliphatic rings. The molecule has 3 aromatic rings. The van der Waals surface area contributed by atoms with E-state index in [0.29, 0.717) is 16.8 Å². The lowest BCUT2D eigenvalue weighted by molar-refractivity contribution is 0.0954. The molecular weight excluding hydrogens is 354 g/mol. The maximum absolute atomic E-state index is 12.3. The number of hydrogen-bond acceptors (Lipinski definition) is 4. The average Bonchev–Trinajstić information content (AvgIpc) is 2.70. The zero-order valence-electron chi connectivity index (χ0n) is 15.2. The first-order chi connectivity index (χ1) is 13.5. The molecule has 140 valence electrons. The number of aromatic hydroxyl groups is 1. The van der Waals surface area contributed by atoms with E-state index in [-0.39, 0.29) is 17.6 Å². The third kappa shape index (κ3) is 5.04. The molecule has 0 unspecified atom stereocenters. The van der Waals surface area contributed by atoms with Crippen molar-refractivity contribution in [1.82, 2.24) is 5.43 Å². The van der Waals surface area contributed by atoms with Crippen molar-refractivity contribution in [3.05, 3.63) is 95.1 Å². The van der Waals surface area contributed by atoms with E-state index in [1.54, 1.807) is 42.5 Å². The number of phenolic OH excluding ortho intramolecular Hbond substituents is 1. The van der Waals surface area contributed by atoms with Crippen molar-refractivity contribution >= 4 is 23.7 Å². The number of benzene rings is 3. The Morgan fingerprint density at radius 1 is 0.893 bits per heavy atom. The highest BCUT2D eigenvalue weighted by Crippen LogP contribution is 2.12. The number of hydrogen-bond donors (Lipinski definition) is 3. The number of nitrogens with zero attached hydrogens (tertiary/aromatic N) is 1. The molecule has 0 aliphatic heterocycles. The van der Waals surface area contributed by atoms with Crippen LogP contribution in [0.2, 0.25) is 0 Å². The van der Waals surface area contributed by atoms with Gasteiger partial charge in [0.1, 0.15) is 5.75 Å². The van der Waals surface area contributed by atoms with Gasteiger partial charge in [0.05, 0.1) is 6.21 Å². The first kappa shape index (κ1) is 18.8. The Balaban J connectivity index is 1.58. The smallest absolute Gasteiger partial charge is 0.271 e. The molecule has 0 saturated carbocycles. The van der Waals surface area contributed by atoms with Crippen molar-refractivity contribution in [2.75, 3.05) is 5.32 Å². The maximum atomic E-state index is 12.3. The predicted molar refractivity (Wildman–Crippen MR) is 109 cm³/mol. The van der Waals surface area contributed by atoms with E-state index >= 15 is 0 Å². The number of phenols is 1. The summed E-state index contributed by atoms with van der Waals surface area (Å²) in [6.07, 6.45) is 1.48. The summed E-state index contributed by atoms with van der Waals surface area (Å²) in [6.45, 7) is 1.92. The summed E-state index contributed by atoms with van der Waals surface area (Å²) in [5.41, 5.74) is 5.77. The zero-order valence-corrected chi connectivity index (χ0v) is 15.2. The number of hydrazone groups is 1. The molecule has 0 heterocycles. The molecule has 0 spiro atoms. The van der Waals surface area contributed by atoms with Crippen molar-refractivity contribution < 1.29 is 14.7 Å². The van der Waals surface area contributed by atoms with Gasteiger partial charge in [-0.05, 0) is 73.2 Å². The summed E-state index contributed by atoms with van der Waals surface area (Å²) in [6, 6.07) is 20.3. The van der Waals surface area contributed by atoms with E-state index in [4.69, 9.17) is 0 Å². The van der Waals surface area contributed by atoms with Crippen LogP contribution in [0.3, 0.4) is 0 Å². The first-order valence-electron chi connectivity index (χ1n) is 8.62. The molecule has 0 bridgehead atoms. The largest absolute Gasteiger partial charge is 0.508 e. The van der Waals surface area contributed by atoms with Crippen LogP contribution in [0.1, 0.15) is 31.8 Å². The van der Waals surface area contributed by atoms with Gasteiger partial charge < -0.3 is 10.4 Å². The van der Waals surface area contributed by atoms with Gasteiger partial charge >= 0.3 is 0 Å². The minimum Gasteiger partial charge on any atom is -0.508 e. The lowest BCUT2D eigenvalue weighted by atomic mass is 10.1. The zero-order chi connectivity index (χ0) is 19.9. The van der Waals surface area contributed by atoms with E-state index < -0.39 is 0 Å². The number of amides is 2. The molecule has 3 N–H and O–H groups in total. The third-order valence-corrected chi connectivity index (χ3v) is 3.96. The number of anilines is 1. The fraction of sp³-hybridized carbons (Fsp3) is 0.0455. The van der Waals surface area contributed by atoms with Gasteiger partial charge in [0.15, 0.2) is 0 Å². The number of nitrogens with one attached hydrogen (secondary N) is 2. The first-order valence-corrected chi connectivity index (χ1v) is 8.62. The number of aryl methyl sites for hydroxylation is 1. The second-order valence-corrected chi connectivity index (χ2v) is 6.19. The molecule has 3 rings (SSSR count). The Morgan fingerprint density at radius 2 is 1.61 bits per heavy atom. The van der Waals surface area contributed by atoms with Crippen LogP contribution < -0.4 is 10.7 Å². The summed E-state index contributed by atoms with van der Waals surface area (Å²) < 4.78 is 0. The second kappa shape index (κ2) is 8.64. The molecule has 0 radical (unpaired) electrons. The van der Waals surface area contributed by atoms with Gasteiger partial charge in [-0.15, -0.1) is 0 Å². The highest BCUT2D eigenvalue weighted by Gasteiger charge is 2.08. The van der Waals surface area contributed by atoms with Crippen molar-refractivity contribution in [3.63, 3.8) is 0 Å². The Kier molecular flexibility index (Phi) is 5.81. The number of carbonyl (C=O) groups is 2. The van der Waals surface area contributed by atoms with Crippen LogP contribution >= 0.6 is 0 Å². The van der Waals surface area contributed by atoms with Gasteiger partial charge in [-0.3, -0.25) is 9.59 Å². The van der Waals surface area contributed by atoms with Gasteiger partial charge in [0, 0.05) is 16.8 Å². The second-order valence-electron chi connectivity index (χ2n) is 6.19. The van der Waals surface area contributed by atoms with Crippen molar-refractivity contribution in [2.45, 2.75) is 6.92 Å². The standard InChI is InChI=1S/C22H19N3O3/c1-15-3-2-4-18(13-15)21(27)24-19-9-7-17(8-10-19)22(28)25-23-14-16-5-11-20(26)12-6-16/h2-14,26H,1H3,(H,24,27)(H,25,28)/b23-14+. The Morgan fingerprint density at radius 3 is 2.29 bits per heavy atom. The summed E-state index contributed by atoms with van der Waals surface area (Å²) in [5.74, 6) is -0.415. The normalized spacial score (nSPS) is 10.6. The van der Waals surface area contributed by atoms with E-state index in [9.17, 15) is 14.7 Å². The fourth-order valence-corrected chi connectivity index (χ4v) is 2.48. The monoisotopic (exact) mass is 373 g/mol. The maximum Gasteiger partial charge on any atom is 0.271 e. The molecular formula is C22H19N3O3. The Labute approximate surface area is 162 Å². The molecule has 0 saturated heterocycles. The van der Waals surface area contributed by atoms with E-state index in [1.807, 2.05) is 25.1 Å². The third-order valence-electron chi connectivity index (χ3n) is 3.96. The van der Waals surface area contributed by atoms with Crippen LogP contribution in [0.15, 0.2) is 77.9 Å². The summed E-state index contributed by atoms with van der Waals surface area (Å²) in [4.78, 5) is 24.4. The SMILES string of the molecule is Cc1cccc(C(=O)Nc2ccc(C(=O)N/N=C/c3ccc(O)cc3)cc2)c1. The van der Waals surface area contributed by atoms with E-state index in [1.165, 1.54) is 18.3 Å². The van der Waals surface area contributed by atoms with Crippen LogP contribution in [-0.4, -0.2) is 23.1 Å². The molecule has 0 fully saturated rings. The Bertz CT molecular complexity index is 1010. The molecule has 0 aliphatic carbocycles.